The van der Waals surface area contributed by atoms with Crippen LogP contribution < -0.4 is 5.32 Å². The highest BCUT2D eigenvalue weighted by Crippen LogP contribution is 2.23. The molecule has 1 aromatic rings. The molecule has 2 heterocycles. The summed E-state index contributed by atoms with van der Waals surface area (Å²) < 4.78 is 24.2. The molecule has 2 aliphatic heterocycles. The van der Waals surface area contributed by atoms with Crippen LogP contribution in [0.1, 0.15) is 31.4 Å². The number of piperidine rings is 1. The highest BCUT2D eigenvalue weighted by atomic mass is 127. The number of morpholine rings is 1. The Morgan fingerprint density at radius 1 is 1.29 bits per heavy atom. The van der Waals surface area contributed by atoms with Gasteiger partial charge in [0.1, 0.15) is 5.82 Å². The van der Waals surface area contributed by atoms with E-state index in [1.54, 1.807) is 7.05 Å². The average molecular weight is 548 g/mol. The number of hydrogen-bond donors (Lipinski definition) is 1. The second kappa shape index (κ2) is 13.2. The standard InChI is InChI=1S/C22H33FN4O3.HI/c1-3-30-21(28)18-5-4-10-27(16-18)22(24-2)25-15-20(26-11-13-29-14-12-26)17-6-8-19(23)9-7-17;/h6-9,18,20H,3-5,10-16H2,1-2H3,(H,24,25);1H. The smallest absolute Gasteiger partial charge is 0.310 e. The summed E-state index contributed by atoms with van der Waals surface area (Å²) in [5.74, 6) is 0.297. The van der Waals surface area contributed by atoms with E-state index in [0.29, 0.717) is 32.9 Å². The number of carbonyl (C=O) groups excluding carboxylic acids is 1. The maximum Gasteiger partial charge on any atom is 0.310 e. The van der Waals surface area contributed by atoms with Crippen LogP contribution in [0.3, 0.4) is 0 Å². The van der Waals surface area contributed by atoms with Crippen molar-refractivity contribution in [2.75, 3.05) is 59.6 Å². The fourth-order valence-electron chi connectivity index (χ4n) is 4.17. The van der Waals surface area contributed by atoms with E-state index in [1.807, 2.05) is 19.1 Å². The maximum atomic E-state index is 13.4. The van der Waals surface area contributed by atoms with Crippen LogP contribution in [0.5, 0.6) is 0 Å². The molecule has 0 amide bonds. The lowest BCUT2D eigenvalue weighted by molar-refractivity contribution is -0.149. The Hall–Kier alpha value is -1.46. The van der Waals surface area contributed by atoms with Gasteiger partial charge in [-0.2, -0.15) is 0 Å². The van der Waals surface area contributed by atoms with Crippen LogP contribution in [-0.2, 0) is 14.3 Å². The van der Waals surface area contributed by atoms with Gasteiger partial charge in [-0.15, -0.1) is 24.0 Å². The van der Waals surface area contributed by atoms with Crippen LogP contribution in [-0.4, -0.2) is 81.3 Å². The minimum absolute atomic E-state index is 0. The van der Waals surface area contributed by atoms with Gasteiger partial charge in [-0.25, -0.2) is 4.39 Å². The largest absolute Gasteiger partial charge is 0.466 e. The third-order valence-corrected chi connectivity index (χ3v) is 5.75. The van der Waals surface area contributed by atoms with Crippen molar-refractivity contribution < 1.29 is 18.7 Å². The number of hydrogen-bond acceptors (Lipinski definition) is 5. The Balaban J connectivity index is 0.00000341. The van der Waals surface area contributed by atoms with Crippen molar-refractivity contribution >= 4 is 35.9 Å². The van der Waals surface area contributed by atoms with Crippen LogP contribution >= 0.6 is 24.0 Å². The predicted octanol–water partition coefficient (Wildman–Crippen LogP) is 2.67. The second-order valence-electron chi connectivity index (χ2n) is 7.68. The number of halogens is 2. The maximum absolute atomic E-state index is 13.4. The van der Waals surface area contributed by atoms with E-state index >= 15 is 0 Å². The first-order valence-electron chi connectivity index (χ1n) is 10.8. The van der Waals surface area contributed by atoms with Gasteiger partial charge in [-0.05, 0) is 37.5 Å². The molecule has 3 rings (SSSR count). The lowest BCUT2D eigenvalue weighted by Crippen LogP contribution is -2.50. The number of nitrogens with one attached hydrogen (secondary N) is 1. The van der Waals surface area contributed by atoms with E-state index in [-0.39, 0.29) is 47.7 Å². The summed E-state index contributed by atoms with van der Waals surface area (Å²) >= 11 is 0. The predicted molar refractivity (Wildman–Crippen MR) is 129 cm³/mol. The molecule has 0 bridgehead atoms. The minimum Gasteiger partial charge on any atom is -0.466 e. The van der Waals surface area contributed by atoms with Crippen molar-refractivity contribution in [1.29, 1.82) is 0 Å². The highest BCUT2D eigenvalue weighted by molar-refractivity contribution is 14.0. The molecule has 2 atom stereocenters. The quantitative estimate of drug-likeness (QED) is 0.255. The third kappa shape index (κ3) is 7.28. The van der Waals surface area contributed by atoms with Gasteiger partial charge in [0.15, 0.2) is 5.96 Å². The zero-order valence-corrected chi connectivity index (χ0v) is 20.7. The Morgan fingerprint density at radius 3 is 2.65 bits per heavy atom. The average Bonchev–Trinajstić information content (AvgIpc) is 2.78. The Kier molecular flexibility index (Phi) is 11.0. The second-order valence-corrected chi connectivity index (χ2v) is 7.68. The van der Waals surface area contributed by atoms with E-state index in [9.17, 15) is 9.18 Å². The number of likely N-dealkylation sites (tertiary alicyclic amines) is 1. The summed E-state index contributed by atoms with van der Waals surface area (Å²) in [6.45, 7) is 7.39. The highest BCUT2D eigenvalue weighted by Gasteiger charge is 2.29. The lowest BCUT2D eigenvalue weighted by atomic mass is 9.98. The molecule has 1 N–H and O–H groups in total. The molecule has 2 saturated heterocycles. The minimum atomic E-state index is -0.235. The fraction of sp³-hybridized carbons (Fsp3) is 0.636. The van der Waals surface area contributed by atoms with Gasteiger partial charge in [0.25, 0.3) is 0 Å². The first-order valence-corrected chi connectivity index (χ1v) is 10.8. The number of esters is 1. The third-order valence-electron chi connectivity index (χ3n) is 5.75. The summed E-state index contributed by atoms with van der Waals surface area (Å²) in [6, 6.07) is 6.78. The number of nitrogens with zero attached hydrogens (tertiary/aromatic N) is 3. The van der Waals surface area contributed by atoms with E-state index in [0.717, 1.165) is 44.0 Å². The summed E-state index contributed by atoms with van der Waals surface area (Å²) in [7, 11) is 1.76. The number of aliphatic imine (C=N–C) groups is 1. The first-order chi connectivity index (χ1) is 14.6. The molecule has 0 aliphatic carbocycles. The van der Waals surface area contributed by atoms with Crippen molar-refractivity contribution in [3.63, 3.8) is 0 Å². The molecule has 9 heteroatoms. The van der Waals surface area contributed by atoms with Crippen molar-refractivity contribution in [1.82, 2.24) is 15.1 Å². The molecule has 0 aromatic heterocycles. The SMILES string of the molecule is CCOC(=O)C1CCCN(C(=NC)NCC(c2ccc(F)cc2)N2CCOCC2)C1.I. The van der Waals surface area contributed by atoms with Crippen molar-refractivity contribution in [3.8, 4) is 0 Å². The van der Waals surface area contributed by atoms with Crippen molar-refractivity contribution in [3.05, 3.63) is 35.6 Å². The van der Waals surface area contributed by atoms with Crippen LogP contribution in [0.15, 0.2) is 29.3 Å². The van der Waals surface area contributed by atoms with Crippen molar-refractivity contribution in [2.24, 2.45) is 10.9 Å². The number of guanidine groups is 1. The molecule has 1 aromatic carbocycles. The topological polar surface area (TPSA) is 66.4 Å². The Morgan fingerprint density at radius 2 is 2.00 bits per heavy atom. The molecule has 0 saturated carbocycles. The summed E-state index contributed by atoms with van der Waals surface area (Å²) in [4.78, 5) is 21.1. The van der Waals surface area contributed by atoms with E-state index in [4.69, 9.17) is 9.47 Å². The molecule has 31 heavy (non-hydrogen) atoms. The Labute approximate surface area is 201 Å². The monoisotopic (exact) mass is 548 g/mol. The van der Waals surface area contributed by atoms with Gasteiger partial charge in [-0.3, -0.25) is 14.7 Å². The van der Waals surface area contributed by atoms with Gasteiger partial charge in [0.05, 0.1) is 31.8 Å². The molecule has 7 nitrogen and oxygen atoms in total. The number of rotatable bonds is 6. The fourth-order valence-corrected chi connectivity index (χ4v) is 4.17. The molecule has 0 spiro atoms. The van der Waals surface area contributed by atoms with Gasteiger partial charge >= 0.3 is 5.97 Å². The molecule has 2 unspecified atom stereocenters. The molecular formula is C22H34FIN4O3. The summed E-state index contributed by atoms with van der Waals surface area (Å²) in [5, 5.41) is 3.49. The molecule has 0 radical (unpaired) electrons. The molecular weight excluding hydrogens is 514 g/mol. The van der Waals surface area contributed by atoms with Gasteiger partial charge in [-0.1, -0.05) is 12.1 Å². The van der Waals surface area contributed by atoms with E-state index in [2.05, 4.69) is 20.1 Å². The number of ether oxygens (including phenoxy) is 2. The van der Waals surface area contributed by atoms with Crippen LogP contribution in [0, 0.1) is 11.7 Å². The number of carbonyl (C=O) groups is 1. The Bertz CT molecular complexity index is 713. The van der Waals surface area contributed by atoms with Crippen LogP contribution in [0.25, 0.3) is 0 Å². The van der Waals surface area contributed by atoms with Gasteiger partial charge in [0, 0.05) is 39.8 Å². The van der Waals surface area contributed by atoms with Crippen LogP contribution in [0.2, 0.25) is 0 Å². The normalized spacial score (nSPS) is 21.2. The molecule has 2 aliphatic rings. The van der Waals surface area contributed by atoms with E-state index < -0.39 is 0 Å². The zero-order valence-electron chi connectivity index (χ0n) is 18.4. The molecule has 2 fully saturated rings. The lowest BCUT2D eigenvalue weighted by Gasteiger charge is -2.37. The van der Waals surface area contributed by atoms with Gasteiger partial charge < -0.3 is 19.7 Å². The first kappa shape index (κ1) is 25.8. The van der Waals surface area contributed by atoms with Gasteiger partial charge in [0.2, 0.25) is 0 Å². The zero-order chi connectivity index (χ0) is 21.3. The number of benzene rings is 1. The summed E-state index contributed by atoms with van der Waals surface area (Å²) in [6.07, 6.45) is 1.77. The van der Waals surface area contributed by atoms with E-state index in [1.165, 1.54) is 12.1 Å². The van der Waals surface area contributed by atoms with Crippen LogP contribution in [0.4, 0.5) is 4.39 Å². The summed E-state index contributed by atoms with van der Waals surface area (Å²) in [5.41, 5.74) is 1.06. The molecule has 174 valence electrons. The van der Waals surface area contributed by atoms with Crippen molar-refractivity contribution in [2.45, 2.75) is 25.8 Å².